The molecule has 0 unspecified atom stereocenters. The molecule has 0 spiro atoms. The molecule has 126 valence electrons. The zero-order chi connectivity index (χ0) is 18.0. The van der Waals surface area contributed by atoms with Gasteiger partial charge in [0, 0.05) is 22.5 Å². The Morgan fingerprint density at radius 3 is 1.96 bits per heavy atom. The van der Waals surface area contributed by atoms with E-state index in [4.69, 9.17) is 6.57 Å². The molecule has 0 bridgehead atoms. The van der Waals surface area contributed by atoms with Crippen LogP contribution in [-0.2, 0) is 18.1 Å². The number of rotatable bonds is 3. The van der Waals surface area contributed by atoms with Crippen LogP contribution in [0.2, 0.25) is 0 Å². The SMILES string of the molecule is [C-]#[N+]c1ccc(CSc2cc(C(F)(F)F)cc(C(F)(F)F)c2)nc1. The molecular formula is C15H8F6N2S. The number of aromatic nitrogens is 1. The first kappa shape index (κ1) is 18.1. The Morgan fingerprint density at radius 1 is 0.958 bits per heavy atom. The van der Waals surface area contributed by atoms with Crippen LogP contribution in [0.5, 0.6) is 0 Å². The van der Waals surface area contributed by atoms with Crippen molar-refractivity contribution in [2.24, 2.45) is 0 Å². The lowest BCUT2D eigenvalue weighted by Crippen LogP contribution is -2.10. The van der Waals surface area contributed by atoms with Crippen molar-refractivity contribution in [1.82, 2.24) is 4.98 Å². The van der Waals surface area contributed by atoms with Gasteiger partial charge in [-0.15, -0.1) is 11.8 Å². The molecule has 9 heteroatoms. The molecule has 0 N–H and O–H groups in total. The second-order valence-corrected chi connectivity index (χ2v) is 5.70. The number of halogens is 6. The van der Waals surface area contributed by atoms with Gasteiger partial charge in [-0.05, 0) is 18.2 Å². The van der Waals surface area contributed by atoms with Gasteiger partial charge in [0.15, 0.2) is 0 Å². The second-order valence-electron chi connectivity index (χ2n) is 4.65. The zero-order valence-corrected chi connectivity index (χ0v) is 12.6. The van der Waals surface area contributed by atoms with Crippen LogP contribution < -0.4 is 0 Å². The van der Waals surface area contributed by atoms with Crippen molar-refractivity contribution in [1.29, 1.82) is 0 Å². The molecule has 0 amide bonds. The van der Waals surface area contributed by atoms with Gasteiger partial charge >= 0.3 is 12.4 Å². The molecule has 0 radical (unpaired) electrons. The van der Waals surface area contributed by atoms with Crippen LogP contribution in [0.15, 0.2) is 41.4 Å². The fraction of sp³-hybridized carbons (Fsp3) is 0.200. The van der Waals surface area contributed by atoms with E-state index in [0.717, 1.165) is 11.8 Å². The summed E-state index contributed by atoms with van der Waals surface area (Å²) in [5.41, 5.74) is -1.96. The Hall–Kier alpha value is -2.21. The van der Waals surface area contributed by atoms with E-state index >= 15 is 0 Å². The van der Waals surface area contributed by atoms with Gasteiger partial charge in [0.2, 0.25) is 5.69 Å². The summed E-state index contributed by atoms with van der Waals surface area (Å²) in [5.74, 6) is 0.0802. The Kier molecular flexibility index (Phi) is 5.08. The zero-order valence-electron chi connectivity index (χ0n) is 11.7. The number of benzene rings is 1. The van der Waals surface area contributed by atoms with E-state index in [9.17, 15) is 26.3 Å². The van der Waals surface area contributed by atoms with E-state index in [1.807, 2.05) is 0 Å². The minimum atomic E-state index is -4.87. The summed E-state index contributed by atoms with van der Waals surface area (Å²) in [6, 6.07) is 4.41. The summed E-state index contributed by atoms with van der Waals surface area (Å²) in [4.78, 5) is 6.91. The maximum atomic E-state index is 12.8. The average Bonchev–Trinajstić information content (AvgIpc) is 2.51. The number of thioether (sulfide) groups is 1. The van der Waals surface area contributed by atoms with Crippen LogP contribution in [0, 0.1) is 6.57 Å². The van der Waals surface area contributed by atoms with Crippen LogP contribution in [0.4, 0.5) is 32.0 Å². The lowest BCUT2D eigenvalue weighted by Gasteiger charge is -2.14. The molecule has 1 aromatic heterocycles. The fourth-order valence-corrected chi connectivity index (χ4v) is 2.64. The molecule has 0 fully saturated rings. The average molecular weight is 362 g/mol. The molecule has 2 aromatic rings. The van der Waals surface area contributed by atoms with E-state index in [2.05, 4.69) is 9.83 Å². The summed E-state index contributed by atoms with van der Waals surface area (Å²) < 4.78 is 76.6. The van der Waals surface area contributed by atoms with Crippen LogP contribution in [0.1, 0.15) is 16.8 Å². The lowest BCUT2D eigenvalue weighted by atomic mass is 10.1. The number of hydrogen-bond acceptors (Lipinski definition) is 2. The Morgan fingerprint density at radius 2 is 1.54 bits per heavy atom. The number of hydrogen-bond donors (Lipinski definition) is 0. The largest absolute Gasteiger partial charge is 0.416 e. The smallest absolute Gasteiger partial charge is 0.272 e. The minimum Gasteiger partial charge on any atom is -0.272 e. The van der Waals surface area contributed by atoms with Crippen LogP contribution in [-0.4, -0.2) is 4.98 Å². The summed E-state index contributed by atoms with van der Waals surface area (Å²) >= 11 is 0.808. The standard InChI is InChI=1S/C15H8F6N2S/c1-22-11-2-3-12(23-7-11)8-24-13-5-9(14(16,17)18)4-10(6-13)15(19,20)21/h2-7H,8H2. The van der Waals surface area contributed by atoms with Crippen molar-refractivity contribution >= 4 is 17.4 Å². The number of alkyl halides is 6. The molecule has 2 rings (SSSR count). The summed E-state index contributed by atoms with van der Waals surface area (Å²) in [6.07, 6.45) is -8.45. The van der Waals surface area contributed by atoms with Crippen molar-refractivity contribution in [2.45, 2.75) is 23.0 Å². The van der Waals surface area contributed by atoms with E-state index in [1.54, 1.807) is 0 Å². The van der Waals surface area contributed by atoms with E-state index in [1.165, 1.54) is 18.3 Å². The number of pyridine rings is 1. The van der Waals surface area contributed by atoms with Crippen LogP contribution in [0.3, 0.4) is 0 Å². The van der Waals surface area contributed by atoms with Gasteiger partial charge in [-0.3, -0.25) is 4.98 Å². The summed E-state index contributed by atoms with van der Waals surface area (Å²) in [5, 5.41) is 0. The molecule has 1 aromatic carbocycles. The molecule has 0 aliphatic heterocycles. The van der Waals surface area contributed by atoms with Gasteiger partial charge in [0.05, 0.1) is 17.7 Å². The highest BCUT2D eigenvalue weighted by Gasteiger charge is 2.36. The molecule has 2 nitrogen and oxygen atoms in total. The van der Waals surface area contributed by atoms with Crippen molar-refractivity contribution in [3.05, 3.63) is 64.8 Å². The highest BCUT2D eigenvalue weighted by Crippen LogP contribution is 2.38. The summed E-state index contributed by atoms with van der Waals surface area (Å²) in [7, 11) is 0. The first-order valence-corrected chi connectivity index (χ1v) is 7.33. The molecule has 1 heterocycles. The summed E-state index contributed by atoms with van der Waals surface area (Å²) in [6.45, 7) is 6.78. The monoisotopic (exact) mass is 362 g/mol. The second kappa shape index (κ2) is 6.73. The maximum Gasteiger partial charge on any atom is 0.416 e. The van der Waals surface area contributed by atoms with E-state index in [0.29, 0.717) is 23.5 Å². The van der Waals surface area contributed by atoms with Crippen LogP contribution in [0.25, 0.3) is 4.85 Å². The molecule has 0 saturated heterocycles. The highest BCUT2D eigenvalue weighted by molar-refractivity contribution is 7.98. The van der Waals surface area contributed by atoms with Crippen molar-refractivity contribution < 1.29 is 26.3 Å². The van der Waals surface area contributed by atoms with Gasteiger partial charge in [0.25, 0.3) is 0 Å². The minimum absolute atomic E-state index is 0.0802. The Labute approximate surface area is 137 Å². The number of nitrogens with zero attached hydrogens (tertiary/aromatic N) is 2. The topological polar surface area (TPSA) is 17.2 Å². The van der Waals surface area contributed by atoms with Gasteiger partial charge in [-0.2, -0.15) is 26.3 Å². The van der Waals surface area contributed by atoms with E-state index < -0.39 is 23.5 Å². The Bertz CT molecular complexity index is 727. The first-order valence-electron chi connectivity index (χ1n) is 6.34. The predicted octanol–water partition coefficient (Wildman–Crippen LogP) is 5.96. The molecule has 0 aliphatic carbocycles. The van der Waals surface area contributed by atoms with Gasteiger partial charge in [0.1, 0.15) is 0 Å². The van der Waals surface area contributed by atoms with Crippen molar-refractivity contribution in [3.63, 3.8) is 0 Å². The molecule has 0 saturated carbocycles. The quantitative estimate of drug-likeness (QED) is 0.381. The molecular weight excluding hydrogens is 354 g/mol. The van der Waals surface area contributed by atoms with Crippen LogP contribution >= 0.6 is 11.8 Å². The highest BCUT2D eigenvalue weighted by atomic mass is 32.2. The van der Waals surface area contributed by atoms with Crippen molar-refractivity contribution in [3.8, 4) is 0 Å². The van der Waals surface area contributed by atoms with Gasteiger partial charge < -0.3 is 0 Å². The maximum absolute atomic E-state index is 12.8. The Balaban J connectivity index is 2.26. The lowest BCUT2D eigenvalue weighted by molar-refractivity contribution is -0.143. The predicted molar refractivity (Wildman–Crippen MR) is 76.5 cm³/mol. The van der Waals surface area contributed by atoms with Crippen molar-refractivity contribution in [2.75, 3.05) is 0 Å². The van der Waals surface area contributed by atoms with Gasteiger partial charge in [-0.1, -0.05) is 12.1 Å². The van der Waals surface area contributed by atoms with Gasteiger partial charge in [-0.25, -0.2) is 4.85 Å². The third-order valence-corrected chi connectivity index (χ3v) is 3.90. The fourth-order valence-electron chi connectivity index (χ4n) is 1.74. The third-order valence-electron chi connectivity index (χ3n) is 2.89. The van der Waals surface area contributed by atoms with E-state index in [-0.39, 0.29) is 16.7 Å². The molecule has 24 heavy (non-hydrogen) atoms. The third kappa shape index (κ3) is 4.64. The normalized spacial score (nSPS) is 12.0. The first-order chi connectivity index (χ1) is 11.1. The molecule has 0 atom stereocenters. The molecule has 0 aliphatic rings.